The first-order valence-electron chi connectivity index (χ1n) is 6.89. The van der Waals surface area contributed by atoms with Crippen LogP contribution in [0.15, 0.2) is 18.2 Å². The average molecular weight is 281 g/mol. The van der Waals surface area contributed by atoms with Gasteiger partial charge in [0.2, 0.25) is 0 Å². The van der Waals surface area contributed by atoms with Crippen molar-refractivity contribution < 1.29 is 19.0 Å². The maximum absolute atomic E-state index is 13.1. The highest BCUT2D eigenvalue weighted by atomic mass is 19.1. The summed E-state index contributed by atoms with van der Waals surface area (Å²) in [6.07, 6.45) is 0.637. The first-order chi connectivity index (χ1) is 9.49. The van der Waals surface area contributed by atoms with E-state index in [2.05, 4.69) is 4.90 Å². The van der Waals surface area contributed by atoms with E-state index in [1.165, 1.54) is 12.1 Å². The van der Waals surface area contributed by atoms with E-state index in [4.69, 9.17) is 9.84 Å². The van der Waals surface area contributed by atoms with Crippen LogP contribution in [0.4, 0.5) is 4.39 Å². The molecule has 0 amide bonds. The highest BCUT2D eigenvalue weighted by Gasteiger charge is 2.26. The minimum atomic E-state index is -0.791. The Labute approximate surface area is 118 Å². The molecule has 0 saturated carbocycles. The molecule has 2 unspecified atom stereocenters. The molecule has 5 heteroatoms. The van der Waals surface area contributed by atoms with E-state index in [-0.39, 0.29) is 11.9 Å². The molecule has 1 heterocycles. The monoisotopic (exact) mass is 281 g/mol. The van der Waals surface area contributed by atoms with Gasteiger partial charge in [-0.05, 0) is 24.7 Å². The van der Waals surface area contributed by atoms with Crippen molar-refractivity contribution in [1.82, 2.24) is 4.90 Å². The molecule has 1 aromatic rings. The average Bonchev–Trinajstić information content (AvgIpc) is 2.78. The van der Waals surface area contributed by atoms with Crippen LogP contribution < -0.4 is 4.74 Å². The van der Waals surface area contributed by atoms with Crippen LogP contribution in [0.5, 0.6) is 5.75 Å². The topological polar surface area (TPSA) is 49.8 Å². The van der Waals surface area contributed by atoms with Crippen LogP contribution in [0.3, 0.4) is 0 Å². The number of hydrogen-bond donors (Lipinski definition) is 1. The third kappa shape index (κ3) is 3.48. The Morgan fingerprint density at radius 3 is 3.00 bits per heavy atom. The number of rotatable bonds is 6. The summed E-state index contributed by atoms with van der Waals surface area (Å²) in [5.74, 6) is -0.712. The predicted octanol–water partition coefficient (Wildman–Crippen LogP) is 2.17. The van der Waals surface area contributed by atoms with Crippen molar-refractivity contribution in [2.24, 2.45) is 5.92 Å². The SMILES string of the molecule is CCN(CC1Cc2cc(F)ccc2O1)CC(C)C(=O)O. The van der Waals surface area contributed by atoms with Gasteiger partial charge in [-0.3, -0.25) is 9.69 Å². The summed E-state index contributed by atoms with van der Waals surface area (Å²) in [6.45, 7) is 5.62. The van der Waals surface area contributed by atoms with Gasteiger partial charge in [-0.2, -0.15) is 0 Å². The molecular weight excluding hydrogens is 261 g/mol. The fraction of sp³-hybridized carbons (Fsp3) is 0.533. The molecule has 20 heavy (non-hydrogen) atoms. The molecule has 0 aliphatic carbocycles. The van der Waals surface area contributed by atoms with Crippen LogP contribution >= 0.6 is 0 Å². The van der Waals surface area contributed by atoms with Crippen LogP contribution in [0, 0.1) is 11.7 Å². The van der Waals surface area contributed by atoms with Crippen LogP contribution in [0.25, 0.3) is 0 Å². The van der Waals surface area contributed by atoms with E-state index in [0.29, 0.717) is 19.5 Å². The van der Waals surface area contributed by atoms with Gasteiger partial charge in [0, 0.05) is 25.1 Å². The third-order valence-corrected chi connectivity index (χ3v) is 3.63. The number of likely N-dealkylation sites (N-methyl/N-ethyl adjacent to an activating group) is 1. The molecule has 4 nitrogen and oxygen atoms in total. The second-order valence-corrected chi connectivity index (χ2v) is 5.29. The number of carbonyl (C=O) groups is 1. The summed E-state index contributed by atoms with van der Waals surface area (Å²) >= 11 is 0. The highest BCUT2D eigenvalue weighted by molar-refractivity contribution is 5.69. The number of halogens is 1. The summed E-state index contributed by atoms with van der Waals surface area (Å²) in [7, 11) is 0. The van der Waals surface area contributed by atoms with Crippen LogP contribution in [0.2, 0.25) is 0 Å². The second-order valence-electron chi connectivity index (χ2n) is 5.29. The van der Waals surface area contributed by atoms with E-state index in [0.717, 1.165) is 17.9 Å². The quantitative estimate of drug-likeness (QED) is 0.868. The molecular formula is C15H20FNO3. The van der Waals surface area contributed by atoms with Crippen molar-refractivity contribution in [2.75, 3.05) is 19.6 Å². The zero-order chi connectivity index (χ0) is 14.7. The van der Waals surface area contributed by atoms with E-state index in [1.54, 1.807) is 13.0 Å². The number of fused-ring (bicyclic) bond motifs is 1. The van der Waals surface area contributed by atoms with Crippen LogP contribution in [-0.2, 0) is 11.2 Å². The Morgan fingerprint density at radius 1 is 1.60 bits per heavy atom. The number of benzene rings is 1. The Balaban J connectivity index is 1.92. The predicted molar refractivity (Wildman–Crippen MR) is 73.4 cm³/mol. The molecule has 2 atom stereocenters. The van der Waals surface area contributed by atoms with Crippen LogP contribution in [-0.4, -0.2) is 41.7 Å². The van der Waals surface area contributed by atoms with Crippen molar-refractivity contribution in [2.45, 2.75) is 26.4 Å². The first-order valence-corrected chi connectivity index (χ1v) is 6.89. The molecule has 110 valence electrons. The lowest BCUT2D eigenvalue weighted by atomic mass is 10.1. The molecule has 1 aromatic carbocycles. The molecule has 1 aliphatic heterocycles. The van der Waals surface area contributed by atoms with Crippen molar-refractivity contribution in [1.29, 1.82) is 0 Å². The molecule has 1 N–H and O–H groups in total. The van der Waals surface area contributed by atoms with E-state index < -0.39 is 11.9 Å². The van der Waals surface area contributed by atoms with Gasteiger partial charge < -0.3 is 9.84 Å². The largest absolute Gasteiger partial charge is 0.488 e. The molecule has 2 rings (SSSR count). The van der Waals surface area contributed by atoms with E-state index >= 15 is 0 Å². The van der Waals surface area contributed by atoms with E-state index in [1.807, 2.05) is 6.92 Å². The third-order valence-electron chi connectivity index (χ3n) is 3.63. The maximum Gasteiger partial charge on any atom is 0.307 e. The van der Waals surface area contributed by atoms with E-state index in [9.17, 15) is 9.18 Å². The van der Waals surface area contributed by atoms with Gasteiger partial charge in [0.25, 0.3) is 0 Å². The van der Waals surface area contributed by atoms with Crippen LogP contribution in [0.1, 0.15) is 19.4 Å². The van der Waals surface area contributed by atoms with Crippen molar-refractivity contribution in [3.8, 4) is 5.75 Å². The minimum absolute atomic E-state index is 0.0345. The second kappa shape index (κ2) is 6.22. The van der Waals surface area contributed by atoms with Gasteiger partial charge in [0.15, 0.2) is 0 Å². The molecule has 0 saturated heterocycles. The van der Waals surface area contributed by atoms with Gasteiger partial charge in [-0.25, -0.2) is 4.39 Å². The lowest BCUT2D eigenvalue weighted by Crippen LogP contribution is -2.38. The standard InChI is InChI=1S/C15H20FNO3/c1-3-17(8-10(2)15(18)19)9-13-7-11-6-12(16)4-5-14(11)20-13/h4-6,10,13H,3,7-9H2,1-2H3,(H,18,19). The molecule has 0 fully saturated rings. The molecule has 0 aromatic heterocycles. The smallest absolute Gasteiger partial charge is 0.307 e. The number of aliphatic carboxylic acids is 1. The van der Waals surface area contributed by atoms with Crippen molar-refractivity contribution in [3.63, 3.8) is 0 Å². The fourth-order valence-electron chi connectivity index (χ4n) is 2.48. The molecule has 0 spiro atoms. The highest BCUT2D eigenvalue weighted by Crippen LogP contribution is 2.29. The lowest BCUT2D eigenvalue weighted by Gasteiger charge is -2.25. The molecule has 1 aliphatic rings. The zero-order valence-electron chi connectivity index (χ0n) is 11.8. The summed E-state index contributed by atoms with van der Waals surface area (Å²) in [4.78, 5) is 13.0. The number of carboxylic acid groups (broad SMARTS) is 1. The summed E-state index contributed by atoms with van der Waals surface area (Å²) in [6, 6.07) is 4.55. The lowest BCUT2D eigenvalue weighted by molar-refractivity contribution is -0.141. The van der Waals surface area contributed by atoms with Crippen molar-refractivity contribution in [3.05, 3.63) is 29.6 Å². The maximum atomic E-state index is 13.1. The summed E-state index contributed by atoms with van der Waals surface area (Å²) in [5, 5.41) is 8.96. The number of carboxylic acids is 1. The molecule has 0 bridgehead atoms. The number of nitrogens with zero attached hydrogens (tertiary/aromatic N) is 1. The zero-order valence-corrected chi connectivity index (χ0v) is 11.8. The Kier molecular flexibility index (Phi) is 4.60. The Hall–Kier alpha value is -1.62. The van der Waals surface area contributed by atoms with Gasteiger partial charge in [0.1, 0.15) is 17.7 Å². The van der Waals surface area contributed by atoms with Gasteiger partial charge in [0.05, 0.1) is 5.92 Å². The number of hydrogen-bond acceptors (Lipinski definition) is 3. The fourth-order valence-corrected chi connectivity index (χ4v) is 2.48. The van der Waals surface area contributed by atoms with Gasteiger partial charge >= 0.3 is 5.97 Å². The summed E-state index contributed by atoms with van der Waals surface area (Å²) in [5.41, 5.74) is 0.886. The van der Waals surface area contributed by atoms with Gasteiger partial charge in [-0.15, -0.1) is 0 Å². The normalized spacial score (nSPS) is 18.7. The minimum Gasteiger partial charge on any atom is -0.488 e. The first kappa shape index (κ1) is 14.8. The Morgan fingerprint density at radius 2 is 2.35 bits per heavy atom. The number of ether oxygens (including phenoxy) is 1. The van der Waals surface area contributed by atoms with Crippen molar-refractivity contribution >= 4 is 5.97 Å². The van der Waals surface area contributed by atoms with Gasteiger partial charge in [-0.1, -0.05) is 13.8 Å². The summed E-state index contributed by atoms with van der Waals surface area (Å²) < 4.78 is 18.9. The Bertz CT molecular complexity index is 492. The molecule has 0 radical (unpaired) electrons.